The van der Waals surface area contributed by atoms with Gasteiger partial charge in [0.2, 0.25) is 5.95 Å². The number of ether oxygens (including phenoxy) is 2. The Balaban J connectivity index is 1.26. The van der Waals surface area contributed by atoms with Crippen molar-refractivity contribution >= 4 is 18.0 Å². The predicted octanol–water partition coefficient (Wildman–Crippen LogP) is 5.93. The first kappa shape index (κ1) is 38.9. The molecule has 1 aliphatic carbocycles. The Labute approximate surface area is 304 Å². The summed E-state index contributed by atoms with van der Waals surface area (Å²) in [5.74, 6) is 0.00897. The zero-order valence-corrected chi connectivity index (χ0v) is 31.3. The van der Waals surface area contributed by atoms with Gasteiger partial charge < -0.3 is 29.5 Å². The van der Waals surface area contributed by atoms with Crippen LogP contribution in [0.5, 0.6) is 0 Å². The monoisotopic (exact) mass is 707 g/mol. The van der Waals surface area contributed by atoms with Gasteiger partial charge >= 0.3 is 12.1 Å². The third kappa shape index (κ3) is 11.1. The number of esters is 1. The Kier molecular flexibility index (Phi) is 14.1. The molecular weight excluding hydrogens is 646 g/mol. The van der Waals surface area contributed by atoms with E-state index in [-0.39, 0.29) is 31.1 Å². The van der Waals surface area contributed by atoms with E-state index in [1.165, 1.54) is 38.5 Å². The van der Waals surface area contributed by atoms with Crippen molar-refractivity contribution in [2.24, 2.45) is 5.92 Å². The summed E-state index contributed by atoms with van der Waals surface area (Å²) in [4.78, 5) is 42.2. The van der Waals surface area contributed by atoms with Crippen molar-refractivity contribution in [1.29, 1.82) is 0 Å². The van der Waals surface area contributed by atoms with Crippen molar-refractivity contribution in [3.8, 4) is 0 Å². The summed E-state index contributed by atoms with van der Waals surface area (Å²) >= 11 is 0. The minimum absolute atomic E-state index is 0.0437. The molecule has 0 bridgehead atoms. The van der Waals surface area contributed by atoms with Gasteiger partial charge in [-0.3, -0.25) is 9.69 Å². The van der Waals surface area contributed by atoms with E-state index in [4.69, 9.17) is 14.5 Å². The summed E-state index contributed by atoms with van der Waals surface area (Å²) in [5, 5.41) is 22.3. The van der Waals surface area contributed by atoms with Gasteiger partial charge in [-0.15, -0.1) is 0 Å². The number of amides is 1. The molecule has 4 heterocycles. The molecule has 4 aliphatic rings. The minimum atomic E-state index is -1.45. The molecule has 1 amide bonds. The van der Waals surface area contributed by atoms with E-state index in [0.29, 0.717) is 19.1 Å². The molecular formula is C40H61N5O6. The van der Waals surface area contributed by atoms with Gasteiger partial charge in [-0.2, -0.15) is 0 Å². The van der Waals surface area contributed by atoms with E-state index in [0.717, 1.165) is 56.2 Å². The summed E-state index contributed by atoms with van der Waals surface area (Å²) < 4.78 is 12.0. The topological polar surface area (TPSA) is 129 Å². The number of aromatic nitrogens is 2. The van der Waals surface area contributed by atoms with Gasteiger partial charge in [-0.25, -0.2) is 14.8 Å². The van der Waals surface area contributed by atoms with Crippen molar-refractivity contribution in [3.05, 3.63) is 53.9 Å². The summed E-state index contributed by atoms with van der Waals surface area (Å²) in [6, 6.07) is 2.53. The van der Waals surface area contributed by atoms with E-state index >= 15 is 0 Å². The van der Waals surface area contributed by atoms with Gasteiger partial charge in [0.25, 0.3) is 0 Å². The SMILES string of the molecule is C/C(=C\C=C\C(C)c1ccnc(N2CCCC2)n1)[C@H]1OC(=O)C[C@@H](O)CC[C@](C)(O)[C@H](OC(=O)N2CCN(C3CCCCCC3)CC2)/C=C/[C@@H]1C. The van der Waals surface area contributed by atoms with Gasteiger partial charge in [0.15, 0.2) is 6.10 Å². The highest BCUT2D eigenvalue weighted by Crippen LogP contribution is 2.29. The number of cyclic esters (lactones) is 1. The molecule has 0 radical (unpaired) electrons. The highest BCUT2D eigenvalue weighted by atomic mass is 16.6. The normalized spacial score (nSPS) is 31.0. The van der Waals surface area contributed by atoms with Crippen LogP contribution >= 0.6 is 0 Å². The Bertz CT molecular complexity index is 1370. The second-order valence-electron chi connectivity index (χ2n) is 15.4. The number of piperazine rings is 1. The summed E-state index contributed by atoms with van der Waals surface area (Å²) in [7, 11) is 0. The van der Waals surface area contributed by atoms with Crippen molar-refractivity contribution in [1.82, 2.24) is 19.8 Å². The fourth-order valence-corrected chi connectivity index (χ4v) is 7.78. The Morgan fingerprint density at radius 1 is 1.04 bits per heavy atom. The second-order valence-corrected chi connectivity index (χ2v) is 15.4. The molecule has 0 spiro atoms. The lowest BCUT2D eigenvalue weighted by molar-refractivity contribution is -0.151. The van der Waals surface area contributed by atoms with E-state index in [9.17, 15) is 19.8 Å². The molecule has 51 heavy (non-hydrogen) atoms. The maximum absolute atomic E-state index is 13.5. The smallest absolute Gasteiger partial charge is 0.410 e. The second kappa shape index (κ2) is 18.5. The standard InChI is InChI=1S/C40H61N5O6/c1-29(34-19-21-41-38(42-34)44-22-9-10-23-44)12-11-13-30(2)37-31(3)16-17-35(40(4,49)20-18-33(46)28-36(47)51-37)50-39(48)45-26-24-43(25-27-45)32-14-7-5-6-8-15-32/h11-13,16-17,19,21,29,31-33,35,37,46,49H,5-10,14-15,18,20,22-28H2,1-4H3/b12-11+,17-16+,30-13+/t29?,31-,33-,35+,37+,40-/m0/s1. The van der Waals surface area contributed by atoms with Crippen LogP contribution in [0.15, 0.2) is 48.2 Å². The van der Waals surface area contributed by atoms with Gasteiger partial charge in [0, 0.05) is 63.3 Å². The molecule has 1 unspecified atom stereocenters. The molecule has 3 aliphatic heterocycles. The fourth-order valence-electron chi connectivity index (χ4n) is 7.78. The quantitative estimate of drug-likeness (QED) is 0.152. The first-order valence-corrected chi connectivity index (χ1v) is 19.4. The molecule has 1 saturated carbocycles. The molecule has 2 saturated heterocycles. The van der Waals surface area contributed by atoms with E-state index in [1.807, 2.05) is 44.3 Å². The average Bonchev–Trinajstić information content (AvgIpc) is 3.53. The predicted molar refractivity (Wildman–Crippen MR) is 198 cm³/mol. The highest BCUT2D eigenvalue weighted by Gasteiger charge is 2.37. The van der Waals surface area contributed by atoms with Gasteiger partial charge in [-0.1, -0.05) is 63.8 Å². The highest BCUT2D eigenvalue weighted by molar-refractivity contribution is 5.70. The molecule has 1 aromatic heterocycles. The number of anilines is 1. The van der Waals surface area contributed by atoms with Crippen molar-refractivity contribution in [3.63, 3.8) is 0 Å². The van der Waals surface area contributed by atoms with Crippen LogP contribution in [0.3, 0.4) is 0 Å². The van der Waals surface area contributed by atoms with Crippen molar-refractivity contribution in [2.45, 2.75) is 134 Å². The number of allylic oxidation sites excluding steroid dienone is 3. The number of rotatable bonds is 7. The van der Waals surface area contributed by atoms with E-state index in [2.05, 4.69) is 27.8 Å². The lowest BCUT2D eigenvalue weighted by atomic mass is 9.88. The molecule has 11 nitrogen and oxygen atoms in total. The molecule has 0 aromatic carbocycles. The number of hydrogen-bond donors (Lipinski definition) is 2. The lowest BCUT2D eigenvalue weighted by Gasteiger charge is -2.40. The Hall–Kier alpha value is -3.28. The molecule has 2 N–H and O–H groups in total. The van der Waals surface area contributed by atoms with Crippen molar-refractivity contribution < 1.29 is 29.3 Å². The van der Waals surface area contributed by atoms with Crippen LogP contribution in [-0.2, 0) is 14.3 Å². The summed E-state index contributed by atoms with van der Waals surface area (Å²) in [6.45, 7) is 12.4. The number of carbonyl (C=O) groups excluding carboxylic acids is 2. The molecule has 6 atom stereocenters. The van der Waals surface area contributed by atoms with Crippen LogP contribution in [0, 0.1) is 5.92 Å². The first-order valence-electron chi connectivity index (χ1n) is 19.4. The van der Waals surface area contributed by atoms with Crippen LogP contribution in [-0.4, -0.2) is 111 Å². The summed E-state index contributed by atoms with van der Waals surface area (Å²) in [6.07, 6.45) is 18.4. The fraction of sp³-hybridized carbons (Fsp3) is 0.700. The molecule has 5 rings (SSSR count). The van der Waals surface area contributed by atoms with Crippen LogP contribution < -0.4 is 4.90 Å². The van der Waals surface area contributed by atoms with Crippen LogP contribution in [0.1, 0.15) is 110 Å². The zero-order valence-electron chi connectivity index (χ0n) is 31.3. The Morgan fingerprint density at radius 3 is 2.45 bits per heavy atom. The molecule has 1 aromatic rings. The van der Waals surface area contributed by atoms with Gasteiger partial charge in [0.1, 0.15) is 11.7 Å². The molecule has 3 fully saturated rings. The third-order valence-electron chi connectivity index (χ3n) is 11.2. The third-order valence-corrected chi connectivity index (χ3v) is 11.2. The number of nitrogens with zero attached hydrogens (tertiary/aromatic N) is 5. The number of aliphatic hydroxyl groups excluding tert-OH is 1. The van der Waals surface area contributed by atoms with Crippen molar-refractivity contribution in [2.75, 3.05) is 44.2 Å². The number of carbonyl (C=O) groups is 2. The minimum Gasteiger partial charge on any atom is -0.457 e. The zero-order chi connectivity index (χ0) is 36.4. The Morgan fingerprint density at radius 2 is 1.75 bits per heavy atom. The van der Waals surface area contributed by atoms with Crippen LogP contribution in [0.2, 0.25) is 0 Å². The van der Waals surface area contributed by atoms with E-state index in [1.54, 1.807) is 17.9 Å². The van der Waals surface area contributed by atoms with Crippen LogP contribution in [0.25, 0.3) is 0 Å². The maximum Gasteiger partial charge on any atom is 0.410 e. The number of hydrogen-bond acceptors (Lipinski definition) is 10. The maximum atomic E-state index is 13.5. The molecule has 11 heteroatoms. The lowest BCUT2D eigenvalue weighted by Crippen LogP contribution is -2.53. The van der Waals surface area contributed by atoms with Gasteiger partial charge in [0.05, 0.1) is 18.2 Å². The largest absolute Gasteiger partial charge is 0.457 e. The van der Waals surface area contributed by atoms with Gasteiger partial charge in [-0.05, 0) is 70.1 Å². The molecule has 282 valence electrons. The van der Waals surface area contributed by atoms with E-state index < -0.39 is 36.0 Å². The summed E-state index contributed by atoms with van der Waals surface area (Å²) in [5.41, 5.74) is 0.307. The van der Waals surface area contributed by atoms with Crippen LogP contribution in [0.4, 0.5) is 10.7 Å². The number of aliphatic hydroxyl groups is 2. The first-order chi connectivity index (χ1) is 24.5. The average molecular weight is 708 g/mol.